The fraction of sp³-hybridized carbons (Fsp3) is 0.480. The molecule has 1 unspecified atom stereocenters. The first kappa shape index (κ1) is 25.2. The molecule has 4 nitrogen and oxygen atoms in total. The minimum atomic E-state index is -4.49. The largest absolute Gasteiger partial charge is 0.416 e. The van der Waals surface area contributed by atoms with Crippen molar-refractivity contribution in [2.75, 3.05) is 13.2 Å². The zero-order valence-electron chi connectivity index (χ0n) is 19.3. The number of benzene rings is 2. The van der Waals surface area contributed by atoms with E-state index in [1.807, 2.05) is 0 Å². The maximum atomic E-state index is 14.0. The summed E-state index contributed by atoms with van der Waals surface area (Å²) in [5.74, 6) is 5.85. The Morgan fingerprint density at radius 2 is 1.79 bits per heavy atom. The minimum absolute atomic E-state index is 0.0692. The Labute approximate surface area is 192 Å². The Morgan fingerprint density at radius 1 is 1.09 bits per heavy atom. The lowest BCUT2D eigenvalue weighted by atomic mass is 9.94. The monoisotopic (exact) mass is 465 g/mol. The van der Waals surface area contributed by atoms with Crippen LogP contribution in [0, 0.1) is 0 Å². The molecule has 8 heteroatoms. The molecule has 0 aromatic heterocycles. The molecular formula is C25H31F4N3O. The van der Waals surface area contributed by atoms with Crippen LogP contribution >= 0.6 is 0 Å². The topological polar surface area (TPSA) is 50.8 Å². The number of nitrogens with two attached hydrogens (primary N) is 1. The third-order valence-electron chi connectivity index (χ3n) is 6.05. The summed E-state index contributed by atoms with van der Waals surface area (Å²) in [4.78, 5) is 5.36. The van der Waals surface area contributed by atoms with Gasteiger partial charge in [-0.3, -0.25) is 5.84 Å². The molecule has 1 aliphatic heterocycles. The van der Waals surface area contributed by atoms with Gasteiger partial charge in [-0.25, -0.2) is 9.40 Å². The van der Waals surface area contributed by atoms with E-state index in [-0.39, 0.29) is 18.0 Å². The number of rotatable bonds is 8. The van der Waals surface area contributed by atoms with Gasteiger partial charge >= 0.3 is 6.18 Å². The molecule has 1 fully saturated rings. The normalized spacial score (nSPS) is 18.1. The standard InChI is InChI=1S/C25H31F4N3O/c1-17(31-33-16-22-5-4-14-32(22)30)20-11-10-19(23(15-20)25(27,28)29)9-6-18-7-12-21(13-8-18)24(2,3)26/h7-8,10-13,15,22H,4-6,9,14,16,30H2,1-3H3/b31-17+. The average Bonchev–Trinajstić information content (AvgIpc) is 3.15. The van der Waals surface area contributed by atoms with Gasteiger partial charge in [-0.15, -0.1) is 0 Å². The smallest absolute Gasteiger partial charge is 0.394 e. The average molecular weight is 466 g/mol. The maximum Gasteiger partial charge on any atom is 0.416 e. The first-order valence-electron chi connectivity index (χ1n) is 11.1. The minimum Gasteiger partial charge on any atom is -0.394 e. The number of oxime groups is 1. The molecule has 0 aliphatic carbocycles. The van der Waals surface area contributed by atoms with Crippen molar-refractivity contribution < 1.29 is 22.4 Å². The summed E-state index contributed by atoms with van der Waals surface area (Å²) in [6.07, 6.45) is -1.96. The van der Waals surface area contributed by atoms with Gasteiger partial charge in [0.2, 0.25) is 0 Å². The van der Waals surface area contributed by atoms with Crippen molar-refractivity contribution in [3.05, 3.63) is 70.3 Å². The van der Waals surface area contributed by atoms with Gasteiger partial charge in [-0.1, -0.05) is 41.6 Å². The molecule has 33 heavy (non-hydrogen) atoms. The predicted octanol–water partition coefficient (Wildman–Crippen LogP) is 5.77. The van der Waals surface area contributed by atoms with E-state index in [1.165, 1.54) is 19.9 Å². The van der Waals surface area contributed by atoms with Crippen LogP contribution in [0.1, 0.15) is 61.4 Å². The van der Waals surface area contributed by atoms with E-state index in [1.54, 1.807) is 42.3 Å². The molecule has 0 bridgehead atoms. The predicted molar refractivity (Wildman–Crippen MR) is 122 cm³/mol. The second-order valence-corrected chi connectivity index (χ2v) is 9.05. The molecule has 180 valence electrons. The third kappa shape index (κ3) is 6.77. The number of hydrogen-bond acceptors (Lipinski definition) is 4. The lowest BCUT2D eigenvalue weighted by molar-refractivity contribution is -0.138. The summed E-state index contributed by atoms with van der Waals surface area (Å²) in [7, 11) is 0. The molecule has 0 spiro atoms. The van der Waals surface area contributed by atoms with Gasteiger partial charge in [0.25, 0.3) is 0 Å². The SMILES string of the molecule is C/C(=N\OCC1CCCN1N)c1ccc(CCc2ccc(C(C)(C)F)cc2)c(C(F)(F)F)c1. The van der Waals surface area contributed by atoms with E-state index in [0.717, 1.165) is 31.0 Å². The van der Waals surface area contributed by atoms with E-state index >= 15 is 0 Å². The molecular weight excluding hydrogens is 434 g/mol. The van der Waals surface area contributed by atoms with Crippen LogP contribution in [0.4, 0.5) is 17.6 Å². The second-order valence-electron chi connectivity index (χ2n) is 9.05. The third-order valence-corrected chi connectivity index (χ3v) is 6.05. The number of hydrazine groups is 1. The summed E-state index contributed by atoms with van der Waals surface area (Å²) in [6.45, 7) is 5.66. The molecule has 2 aromatic rings. The van der Waals surface area contributed by atoms with Gasteiger partial charge in [0, 0.05) is 6.54 Å². The van der Waals surface area contributed by atoms with E-state index in [0.29, 0.717) is 29.9 Å². The fourth-order valence-corrected chi connectivity index (χ4v) is 3.94. The van der Waals surface area contributed by atoms with E-state index in [9.17, 15) is 17.6 Å². The van der Waals surface area contributed by atoms with Crippen LogP contribution in [0.3, 0.4) is 0 Å². The summed E-state index contributed by atoms with van der Waals surface area (Å²) in [5, 5.41) is 5.70. The highest BCUT2D eigenvalue weighted by Crippen LogP contribution is 2.34. The van der Waals surface area contributed by atoms with Crippen LogP contribution in [-0.2, 0) is 29.5 Å². The second kappa shape index (κ2) is 10.2. The van der Waals surface area contributed by atoms with Crippen LogP contribution in [0.5, 0.6) is 0 Å². The van der Waals surface area contributed by atoms with Gasteiger partial charge in [-0.2, -0.15) is 13.2 Å². The highest BCUT2D eigenvalue weighted by atomic mass is 19.4. The fourth-order valence-electron chi connectivity index (χ4n) is 3.94. The van der Waals surface area contributed by atoms with Crippen molar-refractivity contribution in [2.45, 2.75) is 64.3 Å². The maximum absolute atomic E-state index is 14.0. The van der Waals surface area contributed by atoms with Gasteiger partial charge in [0.15, 0.2) is 0 Å². The number of hydrogen-bond donors (Lipinski definition) is 1. The van der Waals surface area contributed by atoms with Crippen molar-refractivity contribution in [1.82, 2.24) is 5.01 Å². The summed E-state index contributed by atoms with van der Waals surface area (Å²) in [6, 6.07) is 11.2. The Kier molecular flexibility index (Phi) is 7.80. The Morgan fingerprint density at radius 3 is 2.36 bits per heavy atom. The zero-order chi connectivity index (χ0) is 24.2. The first-order chi connectivity index (χ1) is 15.4. The molecule has 2 aromatic carbocycles. The van der Waals surface area contributed by atoms with Crippen LogP contribution in [0.2, 0.25) is 0 Å². The molecule has 3 rings (SSSR count). The van der Waals surface area contributed by atoms with Crippen LogP contribution in [0.25, 0.3) is 0 Å². The number of alkyl halides is 4. The highest BCUT2D eigenvalue weighted by molar-refractivity contribution is 5.98. The number of nitrogens with zero attached hydrogens (tertiary/aromatic N) is 2. The number of halogens is 4. The summed E-state index contributed by atoms with van der Waals surface area (Å²) < 4.78 is 55.3. The molecule has 2 N–H and O–H groups in total. The Hall–Kier alpha value is -2.45. The first-order valence-corrected chi connectivity index (χ1v) is 11.1. The van der Waals surface area contributed by atoms with E-state index in [4.69, 9.17) is 10.7 Å². The molecule has 1 atom stereocenters. The van der Waals surface area contributed by atoms with Crippen molar-refractivity contribution in [1.29, 1.82) is 0 Å². The molecule has 0 saturated carbocycles. The van der Waals surface area contributed by atoms with Crippen molar-refractivity contribution >= 4 is 5.71 Å². The molecule has 1 heterocycles. The quantitative estimate of drug-likeness (QED) is 0.233. The van der Waals surface area contributed by atoms with Crippen molar-refractivity contribution in [3.63, 3.8) is 0 Å². The van der Waals surface area contributed by atoms with Crippen LogP contribution in [-0.4, -0.2) is 29.9 Å². The lowest BCUT2D eigenvalue weighted by Crippen LogP contribution is -2.38. The van der Waals surface area contributed by atoms with Gasteiger partial charge in [0.1, 0.15) is 12.3 Å². The molecule has 1 saturated heterocycles. The highest BCUT2D eigenvalue weighted by Gasteiger charge is 2.33. The van der Waals surface area contributed by atoms with Crippen LogP contribution < -0.4 is 5.84 Å². The molecule has 1 aliphatic rings. The summed E-state index contributed by atoms with van der Waals surface area (Å²) in [5.41, 5.74) is 0.194. The van der Waals surface area contributed by atoms with Crippen molar-refractivity contribution in [2.24, 2.45) is 11.0 Å². The van der Waals surface area contributed by atoms with E-state index in [2.05, 4.69) is 5.16 Å². The molecule has 0 radical (unpaired) electrons. The van der Waals surface area contributed by atoms with E-state index < -0.39 is 17.4 Å². The summed E-state index contributed by atoms with van der Waals surface area (Å²) >= 11 is 0. The van der Waals surface area contributed by atoms with Gasteiger partial charge < -0.3 is 4.84 Å². The van der Waals surface area contributed by atoms with Crippen molar-refractivity contribution in [3.8, 4) is 0 Å². The number of aryl methyl sites for hydroxylation is 2. The Balaban J connectivity index is 1.70. The lowest BCUT2D eigenvalue weighted by Gasteiger charge is -2.17. The zero-order valence-corrected chi connectivity index (χ0v) is 19.3. The van der Waals surface area contributed by atoms with Gasteiger partial charge in [-0.05, 0) is 74.8 Å². The Bertz CT molecular complexity index is 965. The van der Waals surface area contributed by atoms with Gasteiger partial charge in [0.05, 0.1) is 17.3 Å². The van der Waals surface area contributed by atoms with Crippen LogP contribution in [0.15, 0.2) is 47.6 Å². The molecule has 0 amide bonds.